The lowest BCUT2D eigenvalue weighted by molar-refractivity contribution is -0.118. The minimum absolute atomic E-state index is 0.00315. The third kappa shape index (κ3) is 2.98. The molecule has 17 heavy (non-hydrogen) atoms. The SMILES string of the molecule is CC(=O)NCCC#Cc1cccc2c1CC=C2. The van der Waals surface area contributed by atoms with E-state index >= 15 is 0 Å². The van der Waals surface area contributed by atoms with Gasteiger partial charge in [0.2, 0.25) is 5.91 Å². The maximum Gasteiger partial charge on any atom is 0.216 e. The van der Waals surface area contributed by atoms with Gasteiger partial charge in [0.25, 0.3) is 0 Å². The highest BCUT2D eigenvalue weighted by Crippen LogP contribution is 2.22. The zero-order valence-corrected chi connectivity index (χ0v) is 9.92. The first-order chi connectivity index (χ1) is 8.27. The Kier molecular flexibility index (Phi) is 3.62. The zero-order valence-electron chi connectivity index (χ0n) is 9.92. The first-order valence-corrected chi connectivity index (χ1v) is 5.79. The molecule has 2 rings (SSSR count). The first kappa shape index (κ1) is 11.5. The van der Waals surface area contributed by atoms with Crippen LogP contribution in [0.4, 0.5) is 0 Å². The van der Waals surface area contributed by atoms with Crippen LogP contribution in [-0.2, 0) is 11.2 Å². The molecule has 1 aromatic carbocycles. The second-order valence-electron chi connectivity index (χ2n) is 4.01. The standard InChI is InChI=1S/C15H15NO/c1-12(17)16-11-3-2-6-13-7-4-8-14-9-5-10-15(13)14/h4-5,7-9H,3,10-11H2,1H3,(H,16,17). The number of rotatable bonds is 2. The van der Waals surface area contributed by atoms with Crippen LogP contribution in [0.15, 0.2) is 24.3 Å². The smallest absolute Gasteiger partial charge is 0.216 e. The predicted octanol–water partition coefficient (Wildman–Crippen LogP) is 2.13. The largest absolute Gasteiger partial charge is 0.355 e. The second kappa shape index (κ2) is 5.36. The van der Waals surface area contributed by atoms with Gasteiger partial charge in [0, 0.05) is 25.5 Å². The van der Waals surface area contributed by atoms with E-state index in [-0.39, 0.29) is 5.91 Å². The fraction of sp³-hybridized carbons (Fsp3) is 0.267. The molecule has 0 aromatic heterocycles. The summed E-state index contributed by atoms with van der Waals surface area (Å²) in [6, 6.07) is 6.20. The lowest BCUT2D eigenvalue weighted by Gasteiger charge is -2.01. The molecule has 0 atom stereocenters. The van der Waals surface area contributed by atoms with Crippen LogP contribution < -0.4 is 5.32 Å². The Bertz CT molecular complexity index is 517. The van der Waals surface area contributed by atoms with Crippen molar-refractivity contribution in [2.24, 2.45) is 0 Å². The highest BCUT2D eigenvalue weighted by molar-refractivity contribution is 5.72. The molecule has 0 fully saturated rings. The summed E-state index contributed by atoms with van der Waals surface area (Å²) in [6.45, 7) is 2.14. The fourth-order valence-electron chi connectivity index (χ4n) is 1.87. The van der Waals surface area contributed by atoms with Crippen LogP contribution in [0.25, 0.3) is 6.08 Å². The monoisotopic (exact) mass is 225 g/mol. The van der Waals surface area contributed by atoms with Gasteiger partial charge in [-0.05, 0) is 23.6 Å². The molecule has 1 N–H and O–H groups in total. The van der Waals surface area contributed by atoms with E-state index in [9.17, 15) is 4.79 Å². The van der Waals surface area contributed by atoms with Crippen LogP contribution in [0.2, 0.25) is 0 Å². The third-order valence-corrected chi connectivity index (χ3v) is 2.68. The Morgan fingerprint density at radius 2 is 2.35 bits per heavy atom. The molecule has 1 aliphatic carbocycles. The number of carbonyl (C=O) groups is 1. The molecular weight excluding hydrogens is 210 g/mol. The number of allylic oxidation sites excluding steroid dienone is 1. The average molecular weight is 225 g/mol. The number of carbonyl (C=O) groups excluding carboxylic acids is 1. The number of hydrogen-bond donors (Lipinski definition) is 1. The molecule has 1 aromatic rings. The highest BCUT2D eigenvalue weighted by atomic mass is 16.1. The van der Waals surface area contributed by atoms with Gasteiger partial charge in [0.1, 0.15) is 0 Å². The van der Waals surface area contributed by atoms with Gasteiger partial charge in [0.15, 0.2) is 0 Å². The van der Waals surface area contributed by atoms with Crippen LogP contribution in [0.5, 0.6) is 0 Å². The van der Waals surface area contributed by atoms with Crippen LogP contribution >= 0.6 is 0 Å². The summed E-state index contributed by atoms with van der Waals surface area (Å²) in [6.07, 6.45) is 5.97. The minimum Gasteiger partial charge on any atom is -0.355 e. The zero-order chi connectivity index (χ0) is 12.1. The number of hydrogen-bond acceptors (Lipinski definition) is 1. The van der Waals surface area contributed by atoms with Gasteiger partial charge in [0.05, 0.1) is 0 Å². The van der Waals surface area contributed by atoms with Crippen molar-refractivity contribution in [1.29, 1.82) is 0 Å². The Morgan fingerprint density at radius 1 is 1.47 bits per heavy atom. The molecular formula is C15H15NO. The first-order valence-electron chi connectivity index (χ1n) is 5.79. The maximum absolute atomic E-state index is 10.7. The molecule has 86 valence electrons. The third-order valence-electron chi connectivity index (χ3n) is 2.68. The molecule has 2 heteroatoms. The second-order valence-corrected chi connectivity index (χ2v) is 4.01. The number of amides is 1. The van der Waals surface area contributed by atoms with E-state index in [4.69, 9.17) is 0 Å². The molecule has 0 unspecified atom stereocenters. The average Bonchev–Trinajstić information content (AvgIpc) is 2.77. The van der Waals surface area contributed by atoms with E-state index in [0.29, 0.717) is 13.0 Å². The summed E-state index contributed by atoms with van der Waals surface area (Å²) < 4.78 is 0. The molecule has 0 radical (unpaired) electrons. The lowest BCUT2D eigenvalue weighted by Crippen LogP contribution is -2.20. The molecule has 0 heterocycles. The topological polar surface area (TPSA) is 29.1 Å². The van der Waals surface area contributed by atoms with Crippen molar-refractivity contribution in [3.63, 3.8) is 0 Å². The molecule has 0 spiro atoms. The van der Waals surface area contributed by atoms with E-state index in [0.717, 1.165) is 12.0 Å². The normalized spacial score (nSPS) is 11.6. The minimum atomic E-state index is -0.00315. The summed E-state index contributed by atoms with van der Waals surface area (Å²) in [5.41, 5.74) is 3.70. The summed E-state index contributed by atoms with van der Waals surface area (Å²) in [7, 11) is 0. The predicted molar refractivity (Wildman–Crippen MR) is 69.4 cm³/mol. The number of fused-ring (bicyclic) bond motifs is 1. The molecule has 0 bridgehead atoms. The summed E-state index contributed by atoms with van der Waals surface area (Å²) in [4.78, 5) is 10.7. The quantitative estimate of drug-likeness (QED) is 0.606. The van der Waals surface area contributed by atoms with Gasteiger partial charge in [-0.3, -0.25) is 4.79 Å². The van der Waals surface area contributed by atoms with Gasteiger partial charge >= 0.3 is 0 Å². The van der Waals surface area contributed by atoms with Crippen LogP contribution in [0.3, 0.4) is 0 Å². The van der Waals surface area contributed by atoms with Crippen molar-refractivity contribution in [2.75, 3.05) is 6.54 Å². The van der Waals surface area contributed by atoms with Crippen molar-refractivity contribution in [2.45, 2.75) is 19.8 Å². The van der Waals surface area contributed by atoms with E-state index < -0.39 is 0 Å². The molecule has 0 saturated carbocycles. The highest BCUT2D eigenvalue weighted by Gasteiger charge is 2.07. The Balaban J connectivity index is 1.98. The van der Waals surface area contributed by atoms with Gasteiger partial charge in [-0.25, -0.2) is 0 Å². The van der Waals surface area contributed by atoms with Crippen molar-refractivity contribution in [1.82, 2.24) is 5.32 Å². The lowest BCUT2D eigenvalue weighted by atomic mass is 10.0. The van der Waals surface area contributed by atoms with Crippen LogP contribution in [-0.4, -0.2) is 12.5 Å². The molecule has 0 aliphatic heterocycles. The van der Waals surface area contributed by atoms with Gasteiger partial charge in [-0.2, -0.15) is 0 Å². The summed E-state index contributed by atoms with van der Waals surface area (Å²) in [5, 5.41) is 2.73. The van der Waals surface area contributed by atoms with Gasteiger partial charge < -0.3 is 5.32 Å². The molecule has 1 amide bonds. The Labute approximate surface area is 102 Å². The van der Waals surface area contributed by atoms with E-state index in [1.54, 1.807) is 0 Å². The van der Waals surface area contributed by atoms with Gasteiger partial charge in [-0.1, -0.05) is 36.1 Å². The maximum atomic E-state index is 10.7. The van der Waals surface area contributed by atoms with Crippen molar-refractivity contribution in [3.05, 3.63) is 41.0 Å². The summed E-state index contributed by atoms with van der Waals surface area (Å²) >= 11 is 0. The van der Waals surface area contributed by atoms with Crippen molar-refractivity contribution >= 4 is 12.0 Å². The molecule has 0 saturated heterocycles. The van der Waals surface area contributed by atoms with Crippen molar-refractivity contribution in [3.8, 4) is 11.8 Å². The van der Waals surface area contributed by atoms with E-state index in [2.05, 4.69) is 41.4 Å². The molecule has 1 aliphatic rings. The van der Waals surface area contributed by atoms with E-state index in [1.165, 1.54) is 18.1 Å². The van der Waals surface area contributed by atoms with Crippen LogP contribution in [0, 0.1) is 11.8 Å². The molecule has 2 nitrogen and oxygen atoms in total. The van der Waals surface area contributed by atoms with Crippen LogP contribution in [0.1, 0.15) is 30.0 Å². The van der Waals surface area contributed by atoms with Gasteiger partial charge in [-0.15, -0.1) is 0 Å². The number of nitrogens with one attached hydrogen (secondary N) is 1. The fourth-order valence-corrected chi connectivity index (χ4v) is 1.87. The summed E-state index contributed by atoms with van der Waals surface area (Å²) in [5.74, 6) is 6.27. The Hall–Kier alpha value is -2.01. The Morgan fingerprint density at radius 3 is 3.18 bits per heavy atom. The number of benzene rings is 1. The van der Waals surface area contributed by atoms with E-state index in [1.807, 2.05) is 6.07 Å². The van der Waals surface area contributed by atoms with Crippen molar-refractivity contribution < 1.29 is 4.79 Å².